The van der Waals surface area contributed by atoms with Crippen LogP contribution >= 0.6 is 43.6 Å². The molecule has 0 radical (unpaired) electrons. The predicted molar refractivity (Wildman–Crippen MR) is 91.7 cm³/mol. The highest BCUT2D eigenvalue weighted by molar-refractivity contribution is 9.11. The van der Waals surface area contributed by atoms with Gasteiger partial charge in [0.15, 0.2) is 9.84 Å². The van der Waals surface area contributed by atoms with Gasteiger partial charge in [-0.1, -0.05) is 15.9 Å². The fourth-order valence-corrected chi connectivity index (χ4v) is 8.87. The summed E-state index contributed by atoms with van der Waals surface area (Å²) < 4.78 is 51.6. The smallest absolute Gasteiger partial charge is 0.227 e. The first kappa shape index (κ1) is 17.7. The number of hydrogen-bond acceptors (Lipinski definition) is 5. The Morgan fingerprint density at radius 3 is 2.48 bits per heavy atom. The molecule has 1 unspecified atom stereocenters. The lowest BCUT2D eigenvalue weighted by molar-refractivity contribution is 0.404. The molecule has 1 aliphatic heterocycles. The van der Waals surface area contributed by atoms with Crippen molar-refractivity contribution in [3.05, 3.63) is 27.1 Å². The van der Waals surface area contributed by atoms with E-state index in [0.29, 0.717) is 10.2 Å². The molecule has 1 fully saturated rings. The Morgan fingerprint density at radius 2 is 1.90 bits per heavy atom. The maximum absolute atomic E-state index is 12.8. The van der Waals surface area contributed by atoms with Gasteiger partial charge in [0, 0.05) is 33.3 Å². The molecule has 0 N–H and O–H groups in total. The second kappa shape index (κ2) is 6.48. The molecule has 0 spiro atoms. The summed E-state index contributed by atoms with van der Waals surface area (Å²) in [6.07, 6.45) is 1.07. The molecule has 1 aromatic carbocycles. The van der Waals surface area contributed by atoms with Crippen molar-refractivity contribution in [2.75, 3.05) is 24.3 Å². The van der Waals surface area contributed by atoms with Crippen molar-refractivity contribution in [2.24, 2.45) is 0 Å². The largest absolute Gasteiger partial charge is 0.245 e. The van der Waals surface area contributed by atoms with Gasteiger partial charge >= 0.3 is 0 Å². The van der Waals surface area contributed by atoms with Crippen LogP contribution in [0.1, 0.15) is 0 Å². The third kappa shape index (κ3) is 3.84. The molecular weight excluding hydrogens is 466 g/mol. The van der Waals surface area contributed by atoms with Crippen molar-refractivity contribution in [2.45, 2.75) is 10.3 Å². The van der Waals surface area contributed by atoms with Crippen LogP contribution in [0.3, 0.4) is 0 Å². The molecule has 118 valence electrons. The van der Waals surface area contributed by atoms with E-state index in [1.165, 1.54) is 17.8 Å². The Kier molecular flexibility index (Phi) is 5.48. The minimum atomic E-state index is -3.87. The molecule has 0 bridgehead atoms. The van der Waals surface area contributed by atoms with Gasteiger partial charge in [0.2, 0.25) is 10.0 Å². The Bertz CT molecular complexity index is 749. The number of thioether (sulfide) groups is 1. The molecule has 1 aliphatic rings. The number of rotatable bonds is 3. The van der Waals surface area contributed by atoms with Crippen molar-refractivity contribution in [3.8, 4) is 0 Å². The molecule has 10 heteroatoms. The van der Waals surface area contributed by atoms with E-state index in [1.54, 1.807) is 12.1 Å². The molecule has 0 amide bonds. The first-order valence-electron chi connectivity index (χ1n) is 5.87. The van der Waals surface area contributed by atoms with Gasteiger partial charge in [-0.2, -0.15) is 16.1 Å². The van der Waals surface area contributed by atoms with Gasteiger partial charge in [-0.3, -0.25) is 0 Å². The highest BCUT2D eigenvalue weighted by atomic mass is 79.9. The summed E-state index contributed by atoms with van der Waals surface area (Å²) in [5, 5.41) is -1.02. The number of sulfonamides is 1. The molecule has 1 aromatic rings. The zero-order chi connectivity index (χ0) is 15.8. The lowest BCUT2D eigenvalue weighted by Gasteiger charge is -2.33. The third-order valence-corrected chi connectivity index (χ3v) is 9.17. The van der Waals surface area contributed by atoms with Gasteiger partial charge in [-0.05, 0) is 34.1 Å². The monoisotopic (exact) mass is 477 g/mol. The zero-order valence-electron chi connectivity index (χ0n) is 11.0. The van der Waals surface area contributed by atoms with Gasteiger partial charge in [-0.15, -0.1) is 0 Å². The fraction of sp³-hybridized carbons (Fsp3) is 0.455. The molecule has 1 saturated heterocycles. The molecular formula is C11H13Br2NO4S3. The van der Waals surface area contributed by atoms with Crippen molar-refractivity contribution < 1.29 is 16.8 Å². The summed E-state index contributed by atoms with van der Waals surface area (Å²) in [6.45, 7) is 0.188. The van der Waals surface area contributed by atoms with E-state index in [-0.39, 0.29) is 17.2 Å². The minimum Gasteiger partial charge on any atom is -0.227 e. The lowest BCUT2D eigenvalue weighted by Crippen LogP contribution is -2.49. The summed E-state index contributed by atoms with van der Waals surface area (Å²) in [5.41, 5.74) is 0. The highest BCUT2D eigenvalue weighted by Gasteiger charge is 2.40. The van der Waals surface area contributed by atoms with E-state index in [0.717, 1.165) is 15.0 Å². The van der Waals surface area contributed by atoms with E-state index in [9.17, 15) is 16.8 Å². The predicted octanol–water partition coefficient (Wildman–Crippen LogP) is 2.32. The maximum Gasteiger partial charge on any atom is 0.245 e. The average molecular weight is 479 g/mol. The topological polar surface area (TPSA) is 71.5 Å². The molecule has 0 aromatic heterocycles. The SMILES string of the molecule is CS(=O)(=O)C1CSCCN1S(=O)(=O)c1ccc(Br)cc1Br. The highest BCUT2D eigenvalue weighted by Crippen LogP contribution is 2.32. The molecule has 1 heterocycles. The van der Waals surface area contributed by atoms with Crippen LogP contribution < -0.4 is 0 Å². The molecule has 2 rings (SSSR count). The fourth-order valence-electron chi connectivity index (χ4n) is 1.99. The Balaban J connectivity index is 2.51. The second-order valence-corrected chi connectivity index (χ2v) is 11.5. The Hall–Kier alpha value is 0.390. The summed E-state index contributed by atoms with van der Waals surface area (Å²) in [4.78, 5) is 0.0752. The zero-order valence-corrected chi connectivity index (χ0v) is 16.6. The van der Waals surface area contributed by atoms with Crippen LogP contribution in [0, 0.1) is 0 Å². The van der Waals surface area contributed by atoms with E-state index in [4.69, 9.17) is 0 Å². The number of halogens is 2. The van der Waals surface area contributed by atoms with Crippen molar-refractivity contribution >= 4 is 63.5 Å². The summed E-state index contributed by atoms with van der Waals surface area (Å²) in [7, 11) is -7.35. The number of sulfone groups is 1. The number of hydrogen-bond donors (Lipinski definition) is 0. The minimum absolute atomic E-state index is 0.0752. The maximum atomic E-state index is 12.8. The number of benzene rings is 1. The van der Waals surface area contributed by atoms with Crippen LogP contribution in [-0.2, 0) is 19.9 Å². The second-order valence-electron chi connectivity index (χ2n) is 4.55. The van der Waals surface area contributed by atoms with Gasteiger partial charge in [-0.25, -0.2) is 16.8 Å². The van der Waals surface area contributed by atoms with Gasteiger partial charge in [0.05, 0.1) is 4.90 Å². The van der Waals surface area contributed by atoms with Gasteiger partial charge < -0.3 is 0 Å². The van der Waals surface area contributed by atoms with Crippen LogP contribution in [-0.4, -0.2) is 50.8 Å². The normalized spacial score (nSPS) is 21.4. The van der Waals surface area contributed by atoms with Crippen molar-refractivity contribution in [3.63, 3.8) is 0 Å². The molecule has 1 atom stereocenters. The summed E-state index contributed by atoms with van der Waals surface area (Å²) >= 11 is 7.94. The summed E-state index contributed by atoms with van der Waals surface area (Å²) in [5.74, 6) is 0.839. The molecule has 0 saturated carbocycles. The van der Waals surface area contributed by atoms with Crippen LogP contribution in [0.15, 0.2) is 32.0 Å². The van der Waals surface area contributed by atoms with Crippen molar-refractivity contribution in [1.82, 2.24) is 4.31 Å². The molecule has 21 heavy (non-hydrogen) atoms. The van der Waals surface area contributed by atoms with Crippen LogP contribution in [0.2, 0.25) is 0 Å². The first-order chi connectivity index (χ1) is 9.64. The Morgan fingerprint density at radius 1 is 1.24 bits per heavy atom. The van der Waals surface area contributed by atoms with Gasteiger partial charge in [0.1, 0.15) is 5.37 Å². The van der Waals surface area contributed by atoms with E-state index < -0.39 is 25.2 Å². The first-order valence-corrected chi connectivity index (χ1v) is 12.0. The molecule has 5 nitrogen and oxygen atoms in total. The average Bonchev–Trinajstić information content (AvgIpc) is 2.37. The molecule has 0 aliphatic carbocycles. The Labute approximate surface area is 145 Å². The van der Waals surface area contributed by atoms with Crippen LogP contribution in [0.5, 0.6) is 0 Å². The van der Waals surface area contributed by atoms with Gasteiger partial charge in [0.25, 0.3) is 0 Å². The van der Waals surface area contributed by atoms with Crippen LogP contribution in [0.4, 0.5) is 0 Å². The standard InChI is InChI=1S/C11H13Br2NO4S3/c1-20(15,16)11-7-19-5-4-14(11)21(17,18)10-3-2-8(12)6-9(10)13/h2-3,6,11H,4-5,7H2,1H3. The summed E-state index contributed by atoms with van der Waals surface area (Å²) in [6, 6.07) is 4.71. The van der Waals surface area contributed by atoms with Crippen LogP contribution in [0.25, 0.3) is 0 Å². The third-order valence-electron chi connectivity index (χ3n) is 3.01. The quantitative estimate of drug-likeness (QED) is 0.666. The number of nitrogens with zero attached hydrogens (tertiary/aromatic N) is 1. The lowest BCUT2D eigenvalue weighted by atomic mass is 10.4. The van der Waals surface area contributed by atoms with E-state index >= 15 is 0 Å². The van der Waals surface area contributed by atoms with Crippen molar-refractivity contribution in [1.29, 1.82) is 0 Å². The van der Waals surface area contributed by atoms with E-state index in [2.05, 4.69) is 31.9 Å². The van der Waals surface area contributed by atoms with E-state index in [1.807, 2.05) is 0 Å².